The zero-order valence-electron chi connectivity index (χ0n) is 10.6. The molecule has 0 spiro atoms. The zero-order valence-corrected chi connectivity index (χ0v) is 10.6. The number of Topliss-reactive ketones (excluding diaryl/α,β-unsaturated/α-hetero) is 1. The second-order valence-electron chi connectivity index (χ2n) is 4.80. The van der Waals surface area contributed by atoms with Gasteiger partial charge in [-0.25, -0.2) is 0 Å². The summed E-state index contributed by atoms with van der Waals surface area (Å²) in [5.74, 6) is 0.281. The van der Waals surface area contributed by atoms with Crippen LogP contribution in [0.2, 0.25) is 0 Å². The third-order valence-corrected chi connectivity index (χ3v) is 3.61. The molecule has 3 rings (SSSR count). The van der Waals surface area contributed by atoms with Gasteiger partial charge in [-0.3, -0.25) is 4.79 Å². The fourth-order valence-electron chi connectivity index (χ4n) is 2.64. The highest BCUT2D eigenvalue weighted by Gasteiger charge is 2.11. The molecule has 0 radical (unpaired) electrons. The number of benzene rings is 2. The summed E-state index contributed by atoms with van der Waals surface area (Å²) in [6.45, 7) is 2.12. The summed E-state index contributed by atoms with van der Waals surface area (Å²) in [5, 5.41) is 4.90. The van der Waals surface area contributed by atoms with Crippen molar-refractivity contribution in [2.45, 2.75) is 26.2 Å². The summed E-state index contributed by atoms with van der Waals surface area (Å²) in [4.78, 5) is 12.2. The van der Waals surface area contributed by atoms with Gasteiger partial charge in [0.2, 0.25) is 0 Å². The summed E-state index contributed by atoms with van der Waals surface area (Å²) in [6.07, 6.45) is 2.70. The Morgan fingerprint density at radius 3 is 2.44 bits per heavy atom. The molecule has 0 aliphatic heterocycles. The van der Waals surface area contributed by atoms with Crippen molar-refractivity contribution in [3.63, 3.8) is 0 Å². The monoisotopic (exact) mass is 236 g/mol. The van der Waals surface area contributed by atoms with E-state index in [1.54, 1.807) is 0 Å². The van der Waals surface area contributed by atoms with Gasteiger partial charge < -0.3 is 0 Å². The molecule has 0 atom stereocenters. The molecule has 1 aliphatic rings. The zero-order chi connectivity index (χ0) is 12.5. The van der Waals surface area contributed by atoms with E-state index < -0.39 is 0 Å². The SMILES string of the molecule is CCCCC(=O)c1cccc2c1=c1ccccc1=2. The number of fused-ring (bicyclic) bond motifs is 2. The Morgan fingerprint density at radius 1 is 0.944 bits per heavy atom. The van der Waals surface area contributed by atoms with Gasteiger partial charge in [-0.2, -0.15) is 0 Å². The quantitative estimate of drug-likeness (QED) is 0.627. The van der Waals surface area contributed by atoms with E-state index in [1.807, 2.05) is 24.3 Å². The minimum absolute atomic E-state index is 0.281. The summed E-state index contributed by atoms with van der Waals surface area (Å²) in [5.41, 5.74) is 0.902. The van der Waals surface area contributed by atoms with E-state index in [1.165, 1.54) is 15.7 Å². The molecule has 0 heterocycles. The van der Waals surface area contributed by atoms with Gasteiger partial charge in [-0.1, -0.05) is 55.8 Å². The fourth-order valence-corrected chi connectivity index (χ4v) is 2.64. The summed E-state index contributed by atoms with van der Waals surface area (Å²) >= 11 is 0. The van der Waals surface area contributed by atoms with Crippen LogP contribution in [0.25, 0.3) is 0 Å². The van der Waals surface area contributed by atoms with Crippen molar-refractivity contribution in [3.8, 4) is 0 Å². The van der Waals surface area contributed by atoms with Gasteiger partial charge in [0.05, 0.1) is 0 Å². The topological polar surface area (TPSA) is 17.1 Å². The molecule has 0 amide bonds. The Bertz CT molecular complexity index is 787. The van der Waals surface area contributed by atoms with Gasteiger partial charge in [0.1, 0.15) is 0 Å². The van der Waals surface area contributed by atoms with Gasteiger partial charge in [-0.15, -0.1) is 0 Å². The maximum atomic E-state index is 12.2. The highest BCUT2D eigenvalue weighted by atomic mass is 16.1. The molecular formula is C17H16O. The number of hydrogen-bond acceptors (Lipinski definition) is 1. The number of carbonyl (C=O) groups excluding carboxylic acids is 1. The number of carbonyl (C=O) groups is 1. The fraction of sp³-hybridized carbons (Fsp3) is 0.235. The van der Waals surface area contributed by atoms with E-state index in [2.05, 4.69) is 25.1 Å². The maximum absolute atomic E-state index is 12.2. The van der Waals surface area contributed by atoms with Crippen LogP contribution in [0.15, 0.2) is 42.5 Å². The van der Waals surface area contributed by atoms with Crippen molar-refractivity contribution in [1.82, 2.24) is 0 Å². The Kier molecular flexibility index (Phi) is 2.75. The van der Waals surface area contributed by atoms with Crippen molar-refractivity contribution in [3.05, 3.63) is 68.9 Å². The Labute approximate surface area is 106 Å². The van der Waals surface area contributed by atoms with Gasteiger partial charge in [0, 0.05) is 17.2 Å². The molecule has 2 aromatic rings. The highest BCUT2D eigenvalue weighted by molar-refractivity contribution is 5.96. The van der Waals surface area contributed by atoms with E-state index in [-0.39, 0.29) is 5.78 Å². The Hall–Kier alpha value is -1.89. The predicted octanol–water partition coefficient (Wildman–Crippen LogP) is 3.95. The first-order valence-corrected chi connectivity index (χ1v) is 6.59. The lowest BCUT2D eigenvalue weighted by atomic mass is 9.94. The summed E-state index contributed by atoms with van der Waals surface area (Å²) in [6, 6.07) is 14.4. The lowest BCUT2D eigenvalue weighted by molar-refractivity contribution is 0.0979. The average molecular weight is 236 g/mol. The van der Waals surface area contributed by atoms with Crippen molar-refractivity contribution in [2.75, 3.05) is 0 Å². The molecule has 0 fully saturated rings. The molecule has 0 saturated carbocycles. The lowest BCUT2D eigenvalue weighted by Crippen LogP contribution is -2.04. The third-order valence-electron chi connectivity index (χ3n) is 3.61. The first-order valence-electron chi connectivity index (χ1n) is 6.59. The van der Waals surface area contributed by atoms with Crippen LogP contribution in [-0.2, 0) is 0 Å². The Balaban J connectivity index is 2.19. The number of ketones is 1. The maximum Gasteiger partial charge on any atom is 0.163 e. The highest BCUT2D eigenvalue weighted by Crippen LogP contribution is 2.18. The van der Waals surface area contributed by atoms with Crippen LogP contribution in [0.5, 0.6) is 0 Å². The van der Waals surface area contributed by atoms with Gasteiger partial charge in [0.15, 0.2) is 5.78 Å². The molecule has 90 valence electrons. The molecule has 1 heteroatoms. The molecule has 0 saturated heterocycles. The van der Waals surface area contributed by atoms with E-state index in [0.29, 0.717) is 6.42 Å². The van der Waals surface area contributed by atoms with Crippen molar-refractivity contribution in [2.24, 2.45) is 0 Å². The van der Waals surface area contributed by atoms with Crippen LogP contribution in [-0.4, -0.2) is 5.78 Å². The summed E-state index contributed by atoms with van der Waals surface area (Å²) in [7, 11) is 0. The summed E-state index contributed by atoms with van der Waals surface area (Å²) < 4.78 is 0. The normalized spacial score (nSPS) is 11.4. The Morgan fingerprint density at radius 2 is 1.67 bits per heavy atom. The molecule has 0 bridgehead atoms. The minimum atomic E-state index is 0.281. The minimum Gasteiger partial charge on any atom is -0.294 e. The molecule has 2 aromatic carbocycles. The van der Waals surface area contributed by atoms with E-state index in [0.717, 1.165) is 23.6 Å². The van der Waals surface area contributed by atoms with Crippen LogP contribution >= 0.6 is 0 Å². The van der Waals surface area contributed by atoms with Crippen LogP contribution < -0.4 is 0 Å². The molecule has 1 aliphatic carbocycles. The van der Waals surface area contributed by atoms with Crippen LogP contribution in [0.3, 0.4) is 0 Å². The third kappa shape index (κ3) is 1.59. The van der Waals surface area contributed by atoms with Crippen LogP contribution in [0.1, 0.15) is 36.5 Å². The van der Waals surface area contributed by atoms with E-state index in [9.17, 15) is 4.79 Å². The van der Waals surface area contributed by atoms with Gasteiger partial charge in [-0.05, 0) is 22.1 Å². The standard InChI is InChI=1S/C17H16O/c1-2-3-11-16(18)15-10-6-9-14-12-7-4-5-8-13(12)17(14)15/h4-10H,2-3,11H2,1H3. The first kappa shape index (κ1) is 11.2. The van der Waals surface area contributed by atoms with Gasteiger partial charge >= 0.3 is 0 Å². The number of unbranched alkanes of at least 4 members (excludes halogenated alkanes) is 1. The largest absolute Gasteiger partial charge is 0.294 e. The molecule has 18 heavy (non-hydrogen) atoms. The number of rotatable bonds is 4. The predicted molar refractivity (Wildman–Crippen MR) is 72.1 cm³/mol. The van der Waals surface area contributed by atoms with E-state index in [4.69, 9.17) is 0 Å². The molecule has 0 aromatic heterocycles. The van der Waals surface area contributed by atoms with Crippen molar-refractivity contribution < 1.29 is 4.79 Å². The molecule has 0 N–H and O–H groups in total. The van der Waals surface area contributed by atoms with Crippen molar-refractivity contribution in [1.29, 1.82) is 0 Å². The smallest absolute Gasteiger partial charge is 0.163 e. The average Bonchev–Trinajstić information content (AvgIpc) is 2.41. The molecular weight excluding hydrogens is 220 g/mol. The number of hydrogen-bond donors (Lipinski definition) is 0. The molecule has 1 nitrogen and oxygen atoms in total. The second kappa shape index (κ2) is 4.41. The first-order chi connectivity index (χ1) is 8.83. The van der Waals surface area contributed by atoms with Crippen molar-refractivity contribution >= 4 is 5.78 Å². The molecule has 0 unspecified atom stereocenters. The van der Waals surface area contributed by atoms with Crippen LogP contribution in [0, 0.1) is 20.9 Å². The van der Waals surface area contributed by atoms with E-state index >= 15 is 0 Å². The second-order valence-corrected chi connectivity index (χ2v) is 4.80. The lowest BCUT2D eigenvalue weighted by Gasteiger charge is -2.09. The van der Waals surface area contributed by atoms with Gasteiger partial charge in [0.25, 0.3) is 0 Å². The van der Waals surface area contributed by atoms with Crippen LogP contribution in [0.4, 0.5) is 0 Å².